The van der Waals surface area contributed by atoms with Gasteiger partial charge in [-0.3, -0.25) is 9.59 Å². The Hall–Kier alpha value is -2.40. The van der Waals surface area contributed by atoms with Crippen molar-refractivity contribution in [3.8, 4) is 0 Å². The Labute approximate surface area is 168 Å². The molecule has 2 amide bonds. The highest BCUT2D eigenvalue weighted by atomic mass is 79.9. The number of carbonyl (C=O) groups is 2. The van der Waals surface area contributed by atoms with Gasteiger partial charge >= 0.3 is 0 Å². The molecule has 2 aromatic carbocycles. The molecule has 5 heteroatoms. The van der Waals surface area contributed by atoms with Crippen molar-refractivity contribution in [3.05, 3.63) is 77.0 Å². The molecule has 2 aromatic rings. The molecule has 0 atom stereocenters. The first-order chi connectivity index (χ1) is 13.1. The Kier molecular flexibility index (Phi) is 6.45. The third-order valence-electron chi connectivity index (χ3n) is 4.66. The van der Waals surface area contributed by atoms with Crippen molar-refractivity contribution in [2.75, 3.05) is 13.1 Å². The molecule has 4 nitrogen and oxygen atoms in total. The zero-order valence-corrected chi connectivity index (χ0v) is 17.0. The molecule has 3 rings (SSSR count). The number of aryl methyl sites for hydroxylation is 1. The Balaban J connectivity index is 1.94. The normalized spacial score (nSPS) is 15.1. The number of halogens is 1. The number of carbonyl (C=O) groups excluding carboxylic acids is 2. The maximum absolute atomic E-state index is 13.2. The maximum Gasteiger partial charge on any atom is 0.271 e. The topological polar surface area (TPSA) is 49.4 Å². The highest BCUT2D eigenvalue weighted by Gasteiger charge is 2.25. The molecular formula is C22H23BrN2O2. The zero-order chi connectivity index (χ0) is 19.2. The number of piperidine rings is 1. The second-order valence-corrected chi connectivity index (χ2v) is 7.52. The van der Waals surface area contributed by atoms with E-state index in [0.29, 0.717) is 10.0 Å². The molecular weight excluding hydrogens is 404 g/mol. The monoisotopic (exact) mass is 426 g/mol. The summed E-state index contributed by atoms with van der Waals surface area (Å²) in [5, 5.41) is 2.85. The van der Waals surface area contributed by atoms with Crippen LogP contribution in [0.15, 0.2) is 60.3 Å². The molecule has 1 saturated heterocycles. The summed E-state index contributed by atoms with van der Waals surface area (Å²) in [5.74, 6) is -0.438. The van der Waals surface area contributed by atoms with Gasteiger partial charge in [0.2, 0.25) is 0 Å². The lowest BCUT2D eigenvalue weighted by molar-refractivity contribution is -0.128. The summed E-state index contributed by atoms with van der Waals surface area (Å²) in [6.45, 7) is 3.45. The quantitative estimate of drug-likeness (QED) is 0.731. The average molecular weight is 427 g/mol. The Morgan fingerprint density at radius 1 is 0.889 bits per heavy atom. The molecule has 0 bridgehead atoms. The number of rotatable bonds is 4. The Morgan fingerprint density at radius 2 is 1.52 bits per heavy atom. The van der Waals surface area contributed by atoms with Crippen molar-refractivity contribution in [2.24, 2.45) is 0 Å². The largest absolute Gasteiger partial charge is 0.337 e. The number of nitrogens with one attached hydrogen (secondary N) is 1. The van der Waals surface area contributed by atoms with E-state index < -0.39 is 0 Å². The maximum atomic E-state index is 13.2. The number of likely N-dealkylation sites (tertiary alicyclic amines) is 1. The molecule has 1 aliphatic heterocycles. The van der Waals surface area contributed by atoms with Gasteiger partial charge in [-0.2, -0.15) is 0 Å². The van der Waals surface area contributed by atoms with Crippen LogP contribution < -0.4 is 5.32 Å². The van der Waals surface area contributed by atoms with Crippen LogP contribution in [0.5, 0.6) is 0 Å². The summed E-state index contributed by atoms with van der Waals surface area (Å²) >= 11 is 3.56. The van der Waals surface area contributed by atoms with E-state index in [0.717, 1.165) is 43.5 Å². The van der Waals surface area contributed by atoms with Gasteiger partial charge in [0.1, 0.15) is 5.70 Å². The van der Waals surface area contributed by atoms with Crippen LogP contribution >= 0.6 is 15.9 Å². The van der Waals surface area contributed by atoms with Crippen LogP contribution in [0.3, 0.4) is 0 Å². The van der Waals surface area contributed by atoms with Crippen molar-refractivity contribution < 1.29 is 9.59 Å². The van der Waals surface area contributed by atoms with Crippen molar-refractivity contribution >= 4 is 32.2 Å². The first-order valence-corrected chi connectivity index (χ1v) is 9.98. The lowest BCUT2D eigenvalue weighted by Gasteiger charge is -2.28. The van der Waals surface area contributed by atoms with E-state index in [1.54, 1.807) is 24.3 Å². The molecule has 140 valence electrons. The van der Waals surface area contributed by atoms with Crippen LogP contribution in [0, 0.1) is 6.92 Å². The smallest absolute Gasteiger partial charge is 0.271 e. The van der Waals surface area contributed by atoms with Crippen molar-refractivity contribution in [1.29, 1.82) is 0 Å². The summed E-state index contributed by atoms with van der Waals surface area (Å²) in [5.41, 5.74) is 2.80. The van der Waals surface area contributed by atoms with E-state index in [1.807, 2.05) is 42.2 Å². The summed E-state index contributed by atoms with van der Waals surface area (Å²) in [6.07, 6.45) is 3.12. The molecule has 27 heavy (non-hydrogen) atoms. The minimum atomic E-state index is -0.292. The second-order valence-electron chi connectivity index (χ2n) is 6.73. The fourth-order valence-electron chi connectivity index (χ4n) is 3.08. The summed E-state index contributed by atoms with van der Waals surface area (Å²) in [4.78, 5) is 27.7. The lowest BCUT2D eigenvalue weighted by atomic mass is 10.1. The van der Waals surface area contributed by atoms with Gasteiger partial charge in [-0.05, 0) is 59.8 Å². The van der Waals surface area contributed by atoms with Crippen LogP contribution in [-0.2, 0) is 4.79 Å². The standard InChI is InChI=1S/C22H23BrN2O2/c1-16-10-12-17(13-11-16)19(23)20(22(27)25-14-6-3-7-15-25)24-21(26)18-8-4-2-5-9-18/h2,4-5,8-13H,3,6-7,14-15H2,1H3,(H,24,26)/b20-19-. The van der Waals surface area contributed by atoms with E-state index >= 15 is 0 Å². The molecule has 1 aliphatic rings. The van der Waals surface area contributed by atoms with E-state index in [-0.39, 0.29) is 17.5 Å². The fraction of sp³-hybridized carbons (Fsp3) is 0.273. The van der Waals surface area contributed by atoms with Gasteiger partial charge in [-0.15, -0.1) is 0 Å². The van der Waals surface area contributed by atoms with Crippen LogP contribution in [-0.4, -0.2) is 29.8 Å². The molecule has 0 aromatic heterocycles. The zero-order valence-electron chi connectivity index (χ0n) is 15.4. The molecule has 0 aliphatic carbocycles. The predicted molar refractivity (Wildman–Crippen MR) is 111 cm³/mol. The van der Waals surface area contributed by atoms with Crippen LogP contribution in [0.1, 0.15) is 40.7 Å². The number of hydrogen-bond donors (Lipinski definition) is 1. The Bertz CT molecular complexity index is 838. The molecule has 0 unspecified atom stereocenters. The van der Waals surface area contributed by atoms with Crippen LogP contribution in [0.25, 0.3) is 4.48 Å². The van der Waals surface area contributed by atoms with Crippen LogP contribution in [0.4, 0.5) is 0 Å². The third kappa shape index (κ3) is 4.86. The van der Waals surface area contributed by atoms with E-state index in [2.05, 4.69) is 21.2 Å². The summed E-state index contributed by atoms with van der Waals surface area (Å²) in [6, 6.07) is 16.8. The summed E-state index contributed by atoms with van der Waals surface area (Å²) < 4.78 is 0.599. The molecule has 1 heterocycles. The Morgan fingerprint density at radius 3 is 2.15 bits per heavy atom. The molecule has 0 saturated carbocycles. The van der Waals surface area contributed by atoms with Gasteiger partial charge in [-0.25, -0.2) is 0 Å². The number of hydrogen-bond acceptors (Lipinski definition) is 2. The SMILES string of the molecule is Cc1ccc(/C(Br)=C(/NC(=O)c2ccccc2)C(=O)N2CCCCC2)cc1. The highest BCUT2D eigenvalue weighted by Crippen LogP contribution is 2.26. The van der Waals surface area contributed by atoms with Gasteiger partial charge in [0.15, 0.2) is 0 Å². The third-order valence-corrected chi connectivity index (χ3v) is 5.51. The first-order valence-electron chi connectivity index (χ1n) is 9.19. The highest BCUT2D eigenvalue weighted by molar-refractivity contribution is 9.15. The number of benzene rings is 2. The fourth-order valence-corrected chi connectivity index (χ4v) is 3.61. The molecule has 0 radical (unpaired) electrons. The first kappa shape index (κ1) is 19.4. The molecule has 1 N–H and O–H groups in total. The van der Waals surface area contributed by atoms with E-state index in [9.17, 15) is 9.59 Å². The minimum absolute atomic E-state index is 0.147. The molecule has 0 spiro atoms. The van der Waals surface area contributed by atoms with Gasteiger partial charge in [0.25, 0.3) is 11.8 Å². The molecule has 1 fully saturated rings. The van der Waals surface area contributed by atoms with Crippen molar-refractivity contribution in [3.63, 3.8) is 0 Å². The van der Waals surface area contributed by atoms with Crippen molar-refractivity contribution in [2.45, 2.75) is 26.2 Å². The average Bonchev–Trinajstić information content (AvgIpc) is 2.72. The van der Waals surface area contributed by atoms with Gasteiger partial charge in [0.05, 0.1) is 4.48 Å². The minimum Gasteiger partial charge on any atom is -0.337 e. The number of nitrogens with zero attached hydrogens (tertiary/aromatic N) is 1. The van der Waals surface area contributed by atoms with E-state index in [1.165, 1.54) is 0 Å². The lowest BCUT2D eigenvalue weighted by Crippen LogP contribution is -2.41. The number of amides is 2. The summed E-state index contributed by atoms with van der Waals surface area (Å²) in [7, 11) is 0. The van der Waals surface area contributed by atoms with Gasteiger partial charge in [-0.1, -0.05) is 48.0 Å². The second kappa shape index (κ2) is 9.00. The van der Waals surface area contributed by atoms with E-state index in [4.69, 9.17) is 0 Å². The van der Waals surface area contributed by atoms with Crippen molar-refractivity contribution in [1.82, 2.24) is 10.2 Å². The van der Waals surface area contributed by atoms with Gasteiger partial charge < -0.3 is 10.2 Å². The van der Waals surface area contributed by atoms with Crippen LogP contribution in [0.2, 0.25) is 0 Å². The predicted octanol–water partition coefficient (Wildman–Crippen LogP) is 4.50. The van der Waals surface area contributed by atoms with Gasteiger partial charge in [0, 0.05) is 18.7 Å².